The van der Waals surface area contributed by atoms with Gasteiger partial charge in [0.25, 0.3) is 11.1 Å². The summed E-state index contributed by atoms with van der Waals surface area (Å²) in [6, 6.07) is 6.76. The maximum atomic E-state index is 12.3. The van der Waals surface area contributed by atoms with Gasteiger partial charge in [-0.1, -0.05) is 11.8 Å². The van der Waals surface area contributed by atoms with Crippen molar-refractivity contribution in [1.82, 2.24) is 15.2 Å². The number of Topliss-reactive ketones (excluding diaryl/α,β-unsaturated/α-hetero) is 1. The van der Waals surface area contributed by atoms with Crippen LogP contribution in [0.4, 0.5) is 5.69 Å². The van der Waals surface area contributed by atoms with Crippen molar-refractivity contribution >= 4 is 29.1 Å². The Morgan fingerprint density at radius 2 is 2.07 bits per heavy atom. The molecule has 4 rings (SSSR count). The van der Waals surface area contributed by atoms with E-state index in [-0.39, 0.29) is 29.5 Å². The molecule has 1 aromatic carbocycles. The lowest BCUT2D eigenvalue weighted by molar-refractivity contribution is -0.113. The molecule has 1 aliphatic heterocycles. The summed E-state index contributed by atoms with van der Waals surface area (Å²) < 4.78 is 16.1. The molecule has 1 aliphatic rings. The second-order valence-corrected chi connectivity index (χ2v) is 6.53. The number of amides is 1. The monoisotopic (exact) mass is 386 g/mol. The van der Waals surface area contributed by atoms with E-state index in [2.05, 4.69) is 20.5 Å². The number of carbonyl (C=O) groups excluding carboxylic acids is 2. The zero-order valence-corrected chi connectivity index (χ0v) is 15.0. The topological polar surface area (TPSA) is 119 Å². The minimum atomic E-state index is -0.319. The zero-order chi connectivity index (χ0) is 18.8. The number of H-pyrrole nitrogens is 1. The fraction of sp³-hybridized carbons (Fsp3) is 0.176. The van der Waals surface area contributed by atoms with Crippen molar-refractivity contribution in [3.05, 3.63) is 36.0 Å². The van der Waals surface area contributed by atoms with Gasteiger partial charge in [-0.25, -0.2) is 0 Å². The smallest absolute Gasteiger partial charge is 0.277 e. The summed E-state index contributed by atoms with van der Waals surface area (Å²) in [6.45, 7) is 1.50. The highest BCUT2D eigenvalue weighted by Crippen LogP contribution is 2.37. The van der Waals surface area contributed by atoms with E-state index >= 15 is 0 Å². The largest absolute Gasteiger partial charge is 0.454 e. The summed E-state index contributed by atoms with van der Waals surface area (Å²) in [4.78, 5) is 27.1. The average molecular weight is 386 g/mol. The third kappa shape index (κ3) is 3.65. The van der Waals surface area contributed by atoms with Crippen LogP contribution in [0.2, 0.25) is 0 Å². The Balaban J connectivity index is 1.42. The molecule has 1 amide bonds. The number of carbonyl (C=O) groups is 2. The second kappa shape index (κ2) is 7.16. The van der Waals surface area contributed by atoms with E-state index in [9.17, 15) is 9.59 Å². The number of thioether (sulfide) groups is 1. The van der Waals surface area contributed by atoms with Crippen LogP contribution in [0.5, 0.6) is 11.5 Å². The summed E-state index contributed by atoms with van der Waals surface area (Å²) in [7, 11) is 0. The highest BCUT2D eigenvalue weighted by atomic mass is 32.2. The SMILES string of the molecule is CC(=O)c1cc2c(cc1NC(=O)CSc1nnc(-c3ccc[nH]3)o1)OCO2. The predicted molar refractivity (Wildman–Crippen MR) is 96.0 cm³/mol. The molecule has 0 saturated heterocycles. The zero-order valence-electron chi connectivity index (χ0n) is 14.1. The van der Waals surface area contributed by atoms with Gasteiger partial charge in [0, 0.05) is 17.8 Å². The fourth-order valence-electron chi connectivity index (χ4n) is 2.49. The van der Waals surface area contributed by atoms with Crippen LogP contribution in [-0.2, 0) is 4.79 Å². The van der Waals surface area contributed by atoms with E-state index < -0.39 is 0 Å². The highest BCUT2D eigenvalue weighted by molar-refractivity contribution is 7.99. The molecule has 2 aromatic heterocycles. The molecule has 0 radical (unpaired) electrons. The minimum absolute atomic E-state index is 0.0398. The lowest BCUT2D eigenvalue weighted by Gasteiger charge is -2.10. The standard InChI is InChI=1S/C17H14N4O5S/c1-9(22)10-5-13-14(25-8-24-13)6-12(10)19-15(23)7-27-17-21-20-16(26-17)11-3-2-4-18-11/h2-6,18H,7-8H2,1H3,(H,19,23). The molecule has 138 valence electrons. The van der Waals surface area contributed by atoms with Crippen molar-refractivity contribution in [2.75, 3.05) is 17.9 Å². The van der Waals surface area contributed by atoms with Gasteiger partial charge < -0.3 is 24.2 Å². The first kappa shape index (κ1) is 17.2. The first-order valence-electron chi connectivity index (χ1n) is 7.94. The summed E-state index contributed by atoms with van der Waals surface area (Å²) >= 11 is 1.10. The molecule has 0 fully saturated rings. The van der Waals surface area contributed by atoms with Crippen molar-refractivity contribution in [3.63, 3.8) is 0 Å². The molecule has 9 nitrogen and oxygen atoms in total. The molecule has 10 heteroatoms. The van der Waals surface area contributed by atoms with E-state index in [1.165, 1.54) is 6.92 Å². The average Bonchev–Trinajstić information content (AvgIpc) is 3.38. The lowest BCUT2D eigenvalue weighted by atomic mass is 10.1. The number of ether oxygens (including phenoxy) is 2. The molecule has 0 aliphatic carbocycles. The van der Waals surface area contributed by atoms with Gasteiger partial charge in [-0.2, -0.15) is 0 Å². The Hall–Kier alpha value is -3.27. The van der Waals surface area contributed by atoms with Crippen LogP contribution < -0.4 is 14.8 Å². The van der Waals surface area contributed by atoms with Gasteiger partial charge in [-0.15, -0.1) is 10.2 Å². The fourth-order valence-corrected chi connectivity index (χ4v) is 3.05. The molecule has 0 saturated carbocycles. The molecule has 0 unspecified atom stereocenters. The first-order valence-corrected chi connectivity index (χ1v) is 8.93. The molecule has 3 heterocycles. The number of rotatable bonds is 6. The minimum Gasteiger partial charge on any atom is -0.454 e. The van der Waals surface area contributed by atoms with E-state index in [0.29, 0.717) is 34.3 Å². The van der Waals surface area contributed by atoms with Gasteiger partial charge in [-0.05, 0) is 25.1 Å². The van der Waals surface area contributed by atoms with Crippen LogP contribution in [0, 0.1) is 0 Å². The van der Waals surface area contributed by atoms with Crippen LogP contribution in [-0.4, -0.2) is 39.4 Å². The Labute approximate surface area is 157 Å². The van der Waals surface area contributed by atoms with Crippen molar-refractivity contribution in [1.29, 1.82) is 0 Å². The highest BCUT2D eigenvalue weighted by Gasteiger charge is 2.20. The molecule has 3 aromatic rings. The summed E-state index contributed by atoms with van der Waals surface area (Å²) in [5, 5.41) is 10.8. The first-order chi connectivity index (χ1) is 13.1. The van der Waals surface area contributed by atoms with Crippen LogP contribution in [0.15, 0.2) is 40.1 Å². The Morgan fingerprint density at radius 3 is 2.81 bits per heavy atom. The molecule has 2 N–H and O–H groups in total. The van der Waals surface area contributed by atoms with Crippen LogP contribution in [0.1, 0.15) is 17.3 Å². The Morgan fingerprint density at radius 1 is 1.26 bits per heavy atom. The molecule has 0 atom stereocenters. The lowest BCUT2D eigenvalue weighted by Crippen LogP contribution is -2.16. The van der Waals surface area contributed by atoms with Gasteiger partial charge in [0.2, 0.25) is 12.7 Å². The van der Waals surface area contributed by atoms with E-state index in [0.717, 1.165) is 11.8 Å². The number of ketones is 1. The van der Waals surface area contributed by atoms with Gasteiger partial charge in [-0.3, -0.25) is 9.59 Å². The van der Waals surface area contributed by atoms with Crippen molar-refractivity contribution in [2.45, 2.75) is 12.1 Å². The number of hydrogen-bond donors (Lipinski definition) is 2. The number of aromatic nitrogens is 3. The molecule has 0 bridgehead atoms. The normalized spacial score (nSPS) is 12.2. The maximum Gasteiger partial charge on any atom is 0.277 e. The van der Waals surface area contributed by atoms with Crippen LogP contribution in [0.25, 0.3) is 11.6 Å². The van der Waals surface area contributed by atoms with E-state index in [1.807, 2.05) is 6.07 Å². The number of fused-ring (bicyclic) bond motifs is 1. The van der Waals surface area contributed by atoms with Gasteiger partial charge in [0.15, 0.2) is 17.3 Å². The third-order valence-electron chi connectivity index (χ3n) is 3.73. The quantitative estimate of drug-likeness (QED) is 0.490. The second-order valence-electron chi connectivity index (χ2n) is 5.60. The molecule has 27 heavy (non-hydrogen) atoms. The molecular formula is C17H14N4O5S. The molecular weight excluding hydrogens is 372 g/mol. The summed E-state index contributed by atoms with van der Waals surface area (Å²) in [5.74, 6) is 0.839. The number of hydrogen-bond acceptors (Lipinski definition) is 8. The van der Waals surface area contributed by atoms with Crippen LogP contribution >= 0.6 is 11.8 Å². The number of nitrogens with one attached hydrogen (secondary N) is 2. The van der Waals surface area contributed by atoms with Crippen molar-refractivity contribution < 1.29 is 23.5 Å². The van der Waals surface area contributed by atoms with Gasteiger partial charge >= 0.3 is 0 Å². The number of benzene rings is 1. The predicted octanol–water partition coefficient (Wildman–Crippen LogP) is 2.73. The van der Waals surface area contributed by atoms with Crippen molar-refractivity contribution in [2.24, 2.45) is 0 Å². The summed E-state index contributed by atoms with van der Waals surface area (Å²) in [6.07, 6.45) is 1.75. The Kier molecular flexibility index (Phi) is 4.55. The van der Waals surface area contributed by atoms with Crippen molar-refractivity contribution in [3.8, 4) is 23.1 Å². The Bertz CT molecular complexity index is 999. The maximum absolute atomic E-state index is 12.3. The molecule has 0 spiro atoms. The van der Waals surface area contributed by atoms with E-state index in [4.69, 9.17) is 13.9 Å². The summed E-state index contributed by atoms with van der Waals surface area (Å²) in [5.41, 5.74) is 1.42. The van der Waals surface area contributed by atoms with Gasteiger partial charge in [0.05, 0.1) is 11.4 Å². The third-order valence-corrected chi connectivity index (χ3v) is 4.55. The number of anilines is 1. The number of nitrogens with zero attached hydrogens (tertiary/aromatic N) is 2. The van der Waals surface area contributed by atoms with E-state index in [1.54, 1.807) is 24.4 Å². The van der Waals surface area contributed by atoms with Crippen LogP contribution in [0.3, 0.4) is 0 Å². The number of aromatic amines is 1. The van der Waals surface area contributed by atoms with Gasteiger partial charge in [0.1, 0.15) is 5.69 Å².